The lowest BCUT2D eigenvalue weighted by Gasteiger charge is -2.27. The molecule has 0 amide bonds. The molecule has 4 nitrogen and oxygen atoms in total. The number of nitrogens with one attached hydrogen (secondary N) is 1. The van der Waals surface area contributed by atoms with E-state index in [1.807, 2.05) is 13.8 Å². The molecule has 5 heteroatoms. The van der Waals surface area contributed by atoms with Gasteiger partial charge in [-0.05, 0) is 32.6 Å². The maximum Gasteiger partial charge on any atom is 0.150 e. The van der Waals surface area contributed by atoms with Gasteiger partial charge in [0.15, 0.2) is 9.84 Å². The molecule has 1 N–H and O–H groups in total. The van der Waals surface area contributed by atoms with Gasteiger partial charge in [0.2, 0.25) is 0 Å². The number of rotatable bonds is 2. The molecule has 3 unspecified atom stereocenters. The Morgan fingerprint density at radius 2 is 2.27 bits per heavy atom. The normalized spacial score (nSPS) is 44.7. The third-order valence-corrected chi connectivity index (χ3v) is 5.07. The SMILES string of the molecule is CC1CNC(C)(CC2CCS(=O)(=O)C2)O1. The summed E-state index contributed by atoms with van der Waals surface area (Å²) in [5, 5.41) is 3.32. The summed E-state index contributed by atoms with van der Waals surface area (Å²) < 4.78 is 28.4. The summed E-state index contributed by atoms with van der Waals surface area (Å²) in [5.41, 5.74) is -0.316. The lowest BCUT2D eigenvalue weighted by molar-refractivity contribution is -0.0438. The molecular formula is C10H19NO3S. The Morgan fingerprint density at radius 3 is 2.73 bits per heavy atom. The zero-order chi connectivity index (χ0) is 11.1. The molecule has 3 atom stereocenters. The van der Waals surface area contributed by atoms with E-state index in [1.165, 1.54) is 0 Å². The van der Waals surface area contributed by atoms with E-state index in [1.54, 1.807) is 0 Å². The predicted octanol–water partition coefficient (Wildman–Crippen LogP) is 0.536. The zero-order valence-corrected chi connectivity index (χ0v) is 10.1. The monoisotopic (exact) mass is 233 g/mol. The average Bonchev–Trinajstić information content (AvgIpc) is 2.56. The third kappa shape index (κ3) is 2.71. The van der Waals surface area contributed by atoms with Crippen molar-refractivity contribution in [2.75, 3.05) is 18.1 Å². The van der Waals surface area contributed by atoms with Gasteiger partial charge in [0.1, 0.15) is 5.72 Å². The molecule has 0 bridgehead atoms. The fourth-order valence-corrected chi connectivity index (χ4v) is 4.45. The maximum atomic E-state index is 11.3. The molecule has 0 aromatic carbocycles. The van der Waals surface area contributed by atoms with Crippen LogP contribution >= 0.6 is 0 Å². The Morgan fingerprint density at radius 1 is 1.53 bits per heavy atom. The van der Waals surface area contributed by atoms with Gasteiger partial charge in [-0.1, -0.05) is 0 Å². The summed E-state index contributed by atoms with van der Waals surface area (Å²) in [7, 11) is -2.76. The van der Waals surface area contributed by atoms with E-state index >= 15 is 0 Å². The van der Waals surface area contributed by atoms with Gasteiger partial charge in [0.25, 0.3) is 0 Å². The predicted molar refractivity (Wildman–Crippen MR) is 58.3 cm³/mol. The highest BCUT2D eigenvalue weighted by Gasteiger charge is 2.39. The third-order valence-electron chi connectivity index (χ3n) is 3.23. The van der Waals surface area contributed by atoms with Crippen molar-refractivity contribution in [3.05, 3.63) is 0 Å². The standard InChI is InChI=1S/C10H19NO3S/c1-8-6-11-10(2,14-8)5-9-3-4-15(12,13)7-9/h8-9,11H,3-7H2,1-2H3. The molecule has 0 radical (unpaired) electrons. The molecule has 15 heavy (non-hydrogen) atoms. The van der Waals surface area contributed by atoms with Gasteiger partial charge >= 0.3 is 0 Å². The van der Waals surface area contributed by atoms with Crippen LogP contribution in [-0.4, -0.2) is 38.3 Å². The molecule has 2 heterocycles. The van der Waals surface area contributed by atoms with E-state index in [-0.39, 0.29) is 17.7 Å². The van der Waals surface area contributed by atoms with Crippen LogP contribution in [0.1, 0.15) is 26.7 Å². The Bertz CT molecular complexity index is 341. The summed E-state index contributed by atoms with van der Waals surface area (Å²) in [4.78, 5) is 0. The van der Waals surface area contributed by atoms with Crippen molar-refractivity contribution in [3.8, 4) is 0 Å². The van der Waals surface area contributed by atoms with Gasteiger partial charge in [0.05, 0.1) is 17.6 Å². The molecule has 88 valence electrons. The lowest BCUT2D eigenvalue weighted by Crippen LogP contribution is -2.39. The van der Waals surface area contributed by atoms with Gasteiger partial charge in [-0.25, -0.2) is 8.42 Å². The minimum Gasteiger partial charge on any atom is -0.357 e. The van der Waals surface area contributed by atoms with E-state index in [4.69, 9.17) is 4.74 Å². The summed E-state index contributed by atoms with van der Waals surface area (Å²) in [5.74, 6) is 0.948. The number of hydrogen-bond acceptors (Lipinski definition) is 4. The van der Waals surface area contributed by atoms with Crippen molar-refractivity contribution in [2.45, 2.75) is 38.5 Å². The smallest absolute Gasteiger partial charge is 0.150 e. The quantitative estimate of drug-likeness (QED) is 0.756. The lowest BCUT2D eigenvalue weighted by atomic mass is 9.98. The first kappa shape index (κ1) is 11.4. The molecule has 0 aliphatic carbocycles. The Balaban J connectivity index is 1.93. The fourth-order valence-electron chi connectivity index (χ4n) is 2.59. The second-order valence-electron chi connectivity index (χ2n) is 5.01. The minimum atomic E-state index is -2.76. The molecule has 2 saturated heterocycles. The number of ether oxygens (including phenoxy) is 1. The second kappa shape index (κ2) is 3.71. The van der Waals surface area contributed by atoms with Crippen molar-refractivity contribution in [2.24, 2.45) is 5.92 Å². The molecule has 0 saturated carbocycles. The molecule has 2 rings (SSSR count). The zero-order valence-electron chi connectivity index (χ0n) is 9.32. The van der Waals surface area contributed by atoms with Crippen LogP contribution in [0.5, 0.6) is 0 Å². The van der Waals surface area contributed by atoms with Crippen LogP contribution in [-0.2, 0) is 14.6 Å². The van der Waals surface area contributed by atoms with E-state index < -0.39 is 9.84 Å². The van der Waals surface area contributed by atoms with E-state index in [9.17, 15) is 8.42 Å². The average molecular weight is 233 g/mol. The Hall–Kier alpha value is -0.130. The molecular weight excluding hydrogens is 214 g/mol. The largest absolute Gasteiger partial charge is 0.357 e. The Labute approximate surface area is 91.3 Å². The summed E-state index contributed by atoms with van der Waals surface area (Å²) in [6.45, 7) is 4.90. The van der Waals surface area contributed by atoms with Crippen molar-refractivity contribution < 1.29 is 13.2 Å². The van der Waals surface area contributed by atoms with Crippen molar-refractivity contribution in [1.82, 2.24) is 5.32 Å². The molecule has 0 aromatic rings. The number of sulfone groups is 1. The Kier molecular flexibility index (Phi) is 2.81. The first-order valence-electron chi connectivity index (χ1n) is 5.52. The fraction of sp³-hybridized carbons (Fsp3) is 1.00. The minimum absolute atomic E-state index is 0.230. The van der Waals surface area contributed by atoms with Crippen LogP contribution in [0, 0.1) is 5.92 Å². The van der Waals surface area contributed by atoms with Crippen LogP contribution in [0.15, 0.2) is 0 Å². The number of hydrogen-bond donors (Lipinski definition) is 1. The maximum absolute atomic E-state index is 11.3. The van der Waals surface area contributed by atoms with Crippen LogP contribution in [0.4, 0.5) is 0 Å². The van der Waals surface area contributed by atoms with Gasteiger partial charge in [-0.3, -0.25) is 5.32 Å². The van der Waals surface area contributed by atoms with Gasteiger partial charge in [-0.15, -0.1) is 0 Å². The molecule has 2 aliphatic heterocycles. The van der Waals surface area contributed by atoms with Crippen LogP contribution in [0.25, 0.3) is 0 Å². The summed E-state index contributed by atoms with van der Waals surface area (Å²) in [6.07, 6.45) is 1.82. The van der Waals surface area contributed by atoms with Crippen molar-refractivity contribution >= 4 is 9.84 Å². The highest BCUT2D eigenvalue weighted by molar-refractivity contribution is 7.91. The molecule has 2 aliphatic rings. The van der Waals surface area contributed by atoms with Crippen molar-refractivity contribution in [1.29, 1.82) is 0 Å². The van der Waals surface area contributed by atoms with E-state index in [0.717, 1.165) is 19.4 Å². The van der Waals surface area contributed by atoms with Crippen LogP contribution < -0.4 is 5.32 Å². The van der Waals surface area contributed by atoms with E-state index in [0.29, 0.717) is 11.5 Å². The van der Waals surface area contributed by atoms with Gasteiger partial charge < -0.3 is 4.74 Å². The first-order valence-corrected chi connectivity index (χ1v) is 7.34. The molecule has 0 aromatic heterocycles. The van der Waals surface area contributed by atoms with Crippen LogP contribution in [0.3, 0.4) is 0 Å². The summed E-state index contributed by atoms with van der Waals surface area (Å²) >= 11 is 0. The molecule has 2 fully saturated rings. The van der Waals surface area contributed by atoms with Gasteiger partial charge in [-0.2, -0.15) is 0 Å². The first-order chi connectivity index (χ1) is 6.89. The van der Waals surface area contributed by atoms with E-state index in [2.05, 4.69) is 5.32 Å². The summed E-state index contributed by atoms with van der Waals surface area (Å²) in [6, 6.07) is 0. The second-order valence-corrected chi connectivity index (χ2v) is 7.24. The topological polar surface area (TPSA) is 55.4 Å². The highest BCUT2D eigenvalue weighted by Crippen LogP contribution is 2.30. The molecule has 0 spiro atoms. The highest BCUT2D eigenvalue weighted by atomic mass is 32.2. The van der Waals surface area contributed by atoms with Crippen molar-refractivity contribution in [3.63, 3.8) is 0 Å². The van der Waals surface area contributed by atoms with Crippen LogP contribution in [0.2, 0.25) is 0 Å². The van der Waals surface area contributed by atoms with Gasteiger partial charge in [0, 0.05) is 6.54 Å².